The maximum Gasteiger partial charge on any atom is 0.338 e. The number of primary amides is 1. The first-order valence-electron chi connectivity index (χ1n) is 4.51. The van der Waals surface area contributed by atoms with Crippen LogP contribution in [0.25, 0.3) is 0 Å². The second-order valence-electron chi connectivity index (χ2n) is 3.00. The van der Waals surface area contributed by atoms with Crippen LogP contribution < -0.4 is 11.1 Å². The predicted molar refractivity (Wildman–Crippen MR) is 62.2 cm³/mol. The van der Waals surface area contributed by atoms with Crippen LogP contribution in [0.15, 0.2) is 28.7 Å². The molecule has 0 spiro atoms. The average Bonchev–Trinajstić information content (AvgIpc) is 2.25. The van der Waals surface area contributed by atoms with Gasteiger partial charge in [-0.1, -0.05) is 22.0 Å². The smallest absolute Gasteiger partial charge is 0.338 e. The van der Waals surface area contributed by atoms with E-state index in [0.717, 1.165) is 0 Å². The van der Waals surface area contributed by atoms with Crippen LogP contribution in [0, 0.1) is 0 Å². The van der Waals surface area contributed by atoms with Crippen LogP contribution >= 0.6 is 15.9 Å². The van der Waals surface area contributed by atoms with Gasteiger partial charge in [0.15, 0.2) is 6.61 Å². The molecule has 0 saturated heterocycles. The summed E-state index contributed by atoms with van der Waals surface area (Å²) in [5, 5.41) is 1.77. The number of carbonyl (C=O) groups is 3. The summed E-state index contributed by atoms with van der Waals surface area (Å²) in [5.74, 6) is -1.44. The van der Waals surface area contributed by atoms with Crippen molar-refractivity contribution in [2.45, 2.75) is 0 Å². The molecule has 0 atom stereocenters. The molecular formula is C10H9BrN2O4. The molecule has 0 heterocycles. The number of esters is 1. The Morgan fingerprint density at radius 2 is 2.06 bits per heavy atom. The largest absolute Gasteiger partial charge is 0.452 e. The van der Waals surface area contributed by atoms with E-state index in [1.807, 2.05) is 0 Å². The molecule has 7 heteroatoms. The van der Waals surface area contributed by atoms with Gasteiger partial charge < -0.3 is 10.5 Å². The summed E-state index contributed by atoms with van der Waals surface area (Å²) in [4.78, 5) is 32.7. The highest BCUT2D eigenvalue weighted by Gasteiger charge is 2.11. The van der Waals surface area contributed by atoms with Gasteiger partial charge in [-0.15, -0.1) is 0 Å². The lowest BCUT2D eigenvalue weighted by molar-refractivity contribution is -0.123. The molecule has 1 aromatic rings. The monoisotopic (exact) mass is 300 g/mol. The Kier molecular flexibility index (Phi) is 4.65. The lowest BCUT2D eigenvalue weighted by Gasteiger charge is -2.04. The SMILES string of the molecule is NC(=O)NC(=O)COC(=O)c1cccc(Br)c1. The summed E-state index contributed by atoms with van der Waals surface area (Å²) in [6, 6.07) is 5.50. The van der Waals surface area contributed by atoms with Gasteiger partial charge in [0.1, 0.15) is 0 Å². The number of benzene rings is 1. The number of halogens is 1. The van der Waals surface area contributed by atoms with E-state index < -0.39 is 24.5 Å². The maximum atomic E-state index is 11.4. The third-order valence-electron chi connectivity index (χ3n) is 1.66. The van der Waals surface area contributed by atoms with Crippen LogP contribution in [0.3, 0.4) is 0 Å². The molecule has 0 fully saturated rings. The molecule has 0 aliphatic carbocycles. The van der Waals surface area contributed by atoms with Crippen molar-refractivity contribution in [2.75, 3.05) is 6.61 Å². The number of hydrogen-bond donors (Lipinski definition) is 2. The van der Waals surface area contributed by atoms with Crippen LogP contribution in [0.1, 0.15) is 10.4 Å². The average molecular weight is 301 g/mol. The first-order chi connectivity index (χ1) is 7.99. The Hall–Kier alpha value is -1.89. The number of nitrogens with two attached hydrogens (primary N) is 1. The van der Waals surface area contributed by atoms with Crippen LogP contribution in [0.4, 0.5) is 4.79 Å². The minimum absolute atomic E-state index is 0.297. The third kappa shape index (κ3) is 4.64. The van der Waals surface area contributed by atoms with Gasteiger partial charge in [0, 0.05) is 4.47 Å². The van der Waals surface area contributed by atoms with Crippen LogP contribution in [-0.2, 0) is 9.53 Å². The van der Waals surface area contributed by atoms with E-state index in [-0.39, 0.29) is 0 Å². The molecule has 0 aliphatic rings. The summed E-state index contributed by atoms with van der Waals surface area (Å²) in [6.07, 6.45) is 0. The summed E-state index contributed by atoms with van der Waals surface area (Å²) in [5.41, 5.74) is 5.01. The summed E-state index contributed by atoms with van der Waals surface area (Å²) in [7, 11) is 0. The molecule has 3 N–H and O–H groups in total. The Bertz CT molecular complexity index is 461. The molecule has 3 amide bonds. The normalized spacial score (nSPS) is 9.47. The first-order valence-corrected chi connectivity index (χ1v) is 5.30. The fraction of sp³-hybridized carbons (Fsp3) is 0.100. The molecule has 90 valence electrons. The first kappa shape index (κ1) is 13.2. The Labute approximate surface area is 105 Å². The zero-order valence-electron chi connectivity index (χ0n) is 8.60. The van der Waals surface area contributed by atoms with E-state index in [9.17, 15) is 14.4 Å². The number of imide groups is 1. The van der Waals surface area contributed by atoms with Gasteiger partial charge in [0.2, 0.25) is 0 Å². The summed E-state index contributed by atoms with van der Waals surface area (Å²) >= 11 is 3.19. The number of amides is 3. The number of carbonyl (C=O) groups excluding carboxylic acids is 3. The van der Waals surface area contributed by atoms with Crippen molar-refractivity contribution < 1.29 is 19.1 Å². The summed E-state index contributed by atoms with van der Waals surface area (Å²) < 4.78 is 5.38. The van der Waals surface area contributed by atoms with E-state index >= 15 is 0 Å². The molecule has 6 nitrogen and oxygen atoms in total. The molecule has 0 unspecified atom stereocenters. The highest BCUT2D eigenvalue weighted by atomic mass is 79.9. The van der Waals surface area contributed by atoms with Crippen molar-refractivity contribution in [3.63, 3.8) is 0 Å². The van der Waals surface area contributed by atoms with Gasteiger partial charge in [-0.25, -0.2) is 9.59 Å². The standard InChI is InChI=1S/C10H9BrN2O4/c11-7-3-1-2-6(4-7)9(15)17-5-8(14)13-10(12)16/h1-4H,5H2,(H3,12,13,14,16). The lowest BCUT2D eigenvalue weighted by Crippen LogP contribution is -2.37. The molecule has 17 heavy (non-hydrogen) atoms. The molecule has 0 aromatic heterocycles. The van der Waals surface area contributed by atoms with Gasteiger partial charge in [0.25, 0.3) is 5.91 Å². The molecule has 1 aromatic carbocycles. The molecule has 1 rings (SSSR count). The van der Waals surface area contributed by atoms with Crippen molar-refractivity contribution in [1.82, 2.24) is 5.32 Å². The summed E-state index contributed by atoms with van der Waals surface area (Å²) in [6.45, 7) is -0.561. The van der Waals surface area contributed by atoms with E-state index in [2.05, 4.69) is 20.7 Å². The number of ether oxygens (including phenoxy) is 1. The second kappa shape index (κ2) is 6.00. The maximum absolute atomic E-state index is 11.4. The predicted octanol–water partition coefficient (Wildman–Crippen LogP) is 0.801. The Balaban J connectivity index is 2.50. The minimum atomic E-state index is -0.992. The highest BCUT2D eigenvalue weighted by molar-refractivity contribution is 9.10. The topological polar surface area (TPSA) is 98.5 Å². The van der Waals surface area contributed by atoms with E-state index in [0.29, 0.717) is 10.0 Å². The molecule has 0 radical (unpaired) electrons. The highest BCUT2D eigenvalue weighted by Crippen LogP contribution is 2.12. The van der Waals surface area contributed by atoms with Crippen LogP contribution in [0.5, 0.6) is 0 Å². The van der Waals surface area contributed by atoms with Crippen molar-refractivity contribution in [3.8, 4) is 0 Å². The lowest BCUT2D eigenvalue weighted by atomic mass is 10.2. The van der Waals surface area contributed by atoms with Gasteiger partial charge in [0.05, 0.1) is 5.56 Å². The number of nitrogens with one attached hydrogen (secondary N) is 1. The second-order valence-corrected chi connectivity index (χ2v) is 3.91. The molecule has 0 saturated carbocycles. The third-order valence-corrected chi connectivity index (χ3v) is 2.15. The van der Waals surface area contributed by atoms with Crippen molar-refractivity contribution in [3.05, 3.63) is 34.3 Å². The zero-order valence-corrected chi connectivity index (χ0v) is 10.2. The van der Waals surface area contributed by atoms with Gasteiger partial charge in [-0.05, 0) is 18.2 Å². The fourth-order valence-electron chi connectivity index (χ4n) is 1.00. The number of rotatable bonds is 3. The van der Waals surface area contributed by atoms with Gasteiger partial charge in [-0.3, -0.25) is 10.1 Å². The fourth-order valence-corrected chi connectivity index (χ4v) is 1.40. The Morgan fingerprint density at radius 1 is 1.35 bits per heavy atom. The zero-order chi connectivity index (χ0) is 12.8. The van der Waals surface area contributed by atoms with Crippen molar-refractivity contribution in [1.29, 1.82) is 0 Å². The molecule has 0 bridgehead atoms. The quantitative estimate of drug-likeness (QED) is 0.807. The molecular weight excluding hydrogens is 292 g/mol. The number of hydrogen-bond acceptors (Lipinski definition) is 4. The van der Waals surface area contributed by atoms with Crippen molar-refractivity contribution in [2.24, 2.45) is 5.73 Å². The van der Waals surface area contributed by atoms with Crippen LogP contribution in [-0.4, -0.2) is 24.5 Å². The van der Waals surface area contributed by atoms with E-state index in [1.165, 1.54) is 0 Å². The van der Waals surface area contributed by atoms with Crippen LogP contribution in [0.2, 0.25) is 0 Å². The van der Waals surface area contributed by atoms with E-state index in [4.69, 9.17) is 5.73 Å². The number of urea groups is 1. The van der Waals surface area contributed by atoms with Gasteiger partial charge in [-0.2, -0.15) is 0 Å². The van der Waals surface area contributed by atoms with Gasteiger partial charge >= 0.3 is 12.0 Å². The van der Waals surface area contributed by atoms with Crippen molar-refractivity contribution >= 4 is 33.8 Å². The Morgan fingerprint density at radius 3 is 2.65 bits per heavy atom. The minimum Gasteiger partial charge on any atom is -0.452 e. The van der Waals surface area contributed by atoms with E-state index in [1.54, 1.807) is 29.6 Å². The molecule has 0 aliphatic heterocycles.